The zero-order chi connectivity index (χ0) is 19.1. The number of hydrogen-bond donors (Lipinski definition) is 1. The zero-order valence-electron chi connectivity index (χ0n) is 14.2. The summed E-state index contributed by atoms with van der Waals surface area (Å²) in [6.07, 6.45) is 1.22. The number of aromatic nitrogens is 1. The van der Waals surface area contributed by atoms with Crippen LogP contribution in [0.5, 0.6) is 0 Å². The lowest BCUT2D eigenvalue weighted by molar-refractivity contribution is -0.115. The van der Waals surface area contributed by atoms with E-state index in [2.05, 4.69) is 10.3 Å². The minimum absolute atomic E-state index is 0.0180. The van der Waals surface area contributed by atoms with Crippen LogP contribution in [0.1, 0.15) is 22.5 Å². The van der Waals surface area contributed by atoms with Crippen molar-refractivity contribution in [3.05, 3.63) is 72.1 Å². The summed E-state index contributed by atoms with van der Waals surface area (Å²) in [5, 5.41) is 11.0. The summed E-state index contributed by atoms with van der Waals surface area (Å²) in [7, 11) is 0. The van der Waals surface area contributed by atoms with Gasteiger partial charge in [-0.25, -0.2) is 9.78 Å². The molecule has 7 heteroatoms. The van der Waals surface area contributed by atoms with Crippen molar-refractivity contribution in [1.29, 1.82) is 5.26 Å². The van der Waals surface area contributed by atoms with Gasteiger partial charge in [-0.2, -0.15) is 5.26 Å². The van der Waals surface area contributed by atoms with Crippen molar-refractivity contribution in [3.63, 3.8) is 0 Å². The third kappa shape index (κ3) is 4.80. The maximum atomic E-state index is 12.1. The predicted molar refractivity (Wildman–Crippen MR) is 96.4 cm³/mol. The smallest absolute Gasteiger partial charge is 0.338 e. The Balaban J connectivity index is 1.56. The molecule has 0 aliphatic heterocycles. The molecule has 0 saturated carbocycles. The van der Waals surface area contributed by atoms with Gasteiger partial charge in [0.05, 0.1) is 11.6 Å². The van der Waals surface area contributed by atoms with E-state index in [0.29, 0.717) is 22.8 Å². The van der Waals surface area contributed by atoms with Crippen LogP contribution in [0.15, 0.2) is 65.3 Å². The number of nitriles is 1. The molecule has 0 spiro atoms. The summed E-state index contributed by atoms with van der Waals surface area (Å²) in [5.74, 6) is -0.471. The van der Waals surface area contributed by atoms with Gasteiger partial charge in [0.15, 0.2) is 0 Å². The third-order valence-corrected chi connectivity index (χ3v) is 3.57. The SMILES string of the molecule is N#CCC(=O)Nc1ccc(C(=O)OCc2coc(-c3ccccc3)n2)cc1. The van der Waals surface area contributed by atoms with Crippen LogP contribution in [-0.4, -0.2) is 16.9 Å². The summed E-state index contributed by atoms with van der Waals surface area (Å²) < 4.78 is 10.6. The average Bonchev–Trinajstić information content (AvgIpc) is 3.17. The summed E-state index contributed by atoms with van der Waals surface area (Å²) in [4.78, 5) is 27.8. The number of anilines is 1. The van der Waals surface area contributed by atoms with Gasteiger partial charge in [-0.05, 0) is 36.4 Å². The highest BCUT2D eigenvalue weighted by molar-refractivity contribution is 5.93. The molecule has 2 aromatic carbocycles. The van der Waals surface area contributed by atoms with Gasteiger partial charge in [0.2, 0.25) is 11.8 Å². The molecule has 0 unspecified atom stereocenters. The fourth-order valence-corrected chi connectivity index (χ4v) is 2.28. The van der Waals surface area contributed by atoms with E-state index in [9.17, 15) is 9.59 Å². The van der Waals surface area contributed by atoms with E-state index in [0.717, 1.165) is 5.56 Å². The first-order chi connectivity index (χ1) is 13.2. The summed E-state index contributed by atoms with van der Waals surface area (Å²) in [6, 6.07) is 17.4. The molecule has 0 radical (unpaired) electrons. The summed E-state index contributed by atoms with van der Waals surface area (Å²) in [6.45, 7) is -0.0180. The van der Waals surface area contributed by atoms with Crippen molar-refractivity contribution in [3.8, 4) is 17.5 Å². The number of nitrogens with zero attached hydrogens (tertiary/aromatic N) is 2. The van der Waals surface area contributed by atoms with Crippen molar-refractivity contribution >= 4 is 17.6 Å². The largest absolute Gasteiger partial charge is 0.455 e. The van der Waals surface area contributed by atoms with Crippen LogP contribution in [-0.2, 0) is 16.1 Å². The second-order valence-corrected chi connectivity index (χ2v) is 5.55. The zero-order valence-corrected chi connectivity index (χ0v) is 14.2. The highest BCUT2D eigenvalue weighted by Gasteiger charge is 2.11. The molecular weight excluding hydrogens is 346 g/mol. The van der Waals surface area contributed by atoms with E-state index in [1.165, 1.54) is 18.4 Å². The number of amides is 1. The van der Waals surface area contributed by atoms with Crippen molar-refractivity contribution < 1.29 is 18.7 Å². The Labute approximate surface area is 155 Å². The molecule has 0 fully saturated rings. The Morgan fingerprint density at radius 1 is 1.11 bits per heavy atom. The van der Waals surface area contributed by atoms with Crippen LogP contribution in [0, 0.1) is 11.3 Å². The van der Waals surface area contributed by atoms with Crippen molar-refractivity contribution in [1.82, 2.24) is 4.98 Å². The van der Waals surface area contributed by atoms with Crippen LogP contribution >= 0.6 is 0 Å². The molecule has 1 heterocycles. The van der Waals surface area contributed by atoms with Gasteiger partial charge >= 0.3 is 5.97 Å². The average molecular weight is 361 g/mol. The van der Waals surface area contributed by atoms with Gasteiger partial charge in [0.25, 0.3) is 0 Å². The second-order valence-electron chi connectivity index (χ2n) is 5.55. The molecule has 134 valence electrons. The van der Waals surface area contributed by atoms with E-state index >= 15 is 0 Å². The number of oxazole rings is 1. The lowest BCUT2D eigenvalue weighted by Gasteiger charge is -2.05. The monoisotopic (exact) mass is 361 g/mol. The van der Waals surface area contributed by atoms with E-state index in [1.807, 2.05) is 30.3 Å². The molecule has 0 aliphatic rings. The molecule has 7 nitrogen and oxygen atoms in total. The van der Waals surface area contributed by atoms with Crippen molar-refractivity contribution in [2.45, 2.75) is 13.0 Å². The molecule has 0 saturated heterocycles. The maximum Gasteiger partial charge on any atom is 0.338 e. The number of carbonyl (C=O) groups is 2. The molecule has 3 rings (SSSR count). The normalized spacial score (nSPS) is 10.0. The molecule has 27 heavy (non-hydrogen) atoms. The molecule has 1 aromatic heterocycles. The summed E-state index contributed by atoms with van der Waals surface area (Å²) in [5.41, 5.74) is 2.17. The first-order valence-electron chi connectivity index (χ1n) is 8.09. The van der Waals surface area contributed by atoms with Gasteiger partial charge in [0.1, 0.15) is 25.0 Å². The highest BCUT2D eigenvalue weighted by Crippen LogP contribution is 2.18. The Hall–Kier alpha value is -3.92. The van der Waals surface area contributed by atoms with Crippen LogP contribution in [0.4, 0.5) is 5.69 Å². The first-order valence-corrected chi connectivity index (χ1v) is 8.09. The van der Waals surface area contributed by atoms with Gasteiger partial charge in [0, 0.05) is 11.3 Å². The van der Waals surface area contributed by atoms with Gasteiger partial charge in [-0.3, -0.25) is 4.79 Å². The number of ether oxygens (including phenoxy) is 1. The molecule has 0 aliphatic carbocycles. The fourth-order valence-electron chi connectivity index (χ4n) is 2.28. The fraction of sp³-hybridized carbons (Fsp3) is 0.100. The van der Waals surface area contributed by atoms with E-state index in [-0.39, 0.29) is 13.0 Å². The minimum Gasteiger partial charge on any atom is -0.455 e. The van der Waals surface area contributed by atoms with E-state index in [1.54, 1.807) is 18.2 Å². The standard InChI is InChI=1S/C20H15N3O4/c21-11-10-18(24)22-16-8-6-15(7-9-16)20(25)27-13-17-12-26-19(23-17)14-4-2-1-3-5-14/h1-9,12H,10,13H2,(H,22,24). The van der Waals surface area contributed by atoms with Gasteiger partial charge in [-0.1, -0.05) is 18.2 Å². The quantitative estimate of drug-likeness (QED) is 0.673. The molecule has 1 amide bonds. The third-order valence-electron chi connectivity index (χ3n) is 3.57. The number of nitrogens with one attached hydrogen (secondary N) is 1. The molecule has 3 aromatic rings. The Kier molecular flexibility index (Phi) is 5.60. The lowest BCUT2D eigenvalue weighted by atomic mass is 10.2. The molecule has 0 atom stereocenters. The van der Waals surface area contributed by atoms with Gasteiger partial charge in [-0.15, -0.1) is 0 Å². The van der Waals surface area contributed by atoms with Crippen LogP contribution in [0.2, 0.25) is 0 Å². The van der Waals surface area contributed by atoms with Crippen LogP contribution in [0.25, 0.3) is 11.5 Å². The molecular formula is C20H15N3O4. The van der Waals surface area contributed by atoms with Crippen LogP contribution in [0.3, 0.4) is 0 Å². The Bertz CT molecular complexity index is 972. The highest BCUT2D eigenvalue weighted by atomic mass is 16.5. The van der Waals surface area contributed by atoms with Crippen molar-refractivity contribution in [2.75, 3.05) is 5.32 Å². The second kappa shape index (κ2) is 8.45. The Morgan fingerprint density at radius 3 is 2.56 bits per heavy atom. The lowest BCUT2D eigenvalue weighted by Crippen LogP contribution is -2.10. The number of esters is 1. The predicted octanol–water partition coefficient (Wildman–Crippen LogP) is 3.55. The number of hydrogen-bond acceptors (Lipinski definition) is 6. The van der Waals surface area contributed by atoms with E-state index in [4.69, 9.17) is 14.4 Å². The topological polar surface area (TPSA) is 105 Å². The van der Waals surface area contributed by atoms with E-state index < -0.39 is 11.9 Å². The minimum atomic E-state index is -0.519. The Morgan fingerprint density at radius 2 is 1.85 bits per heavy atom. The summed E-state index contributed by atoms with van der Waals surface area (Å²) >= 11 is 0. The number of benzene rings is 2. The number of rotatable bonds is 6. The van der Waals surface area contributed by atoms with Crippen molar-refractivity contribution in [2.24, 2.45) is 0 Å². The molecule has 1 N–H and O–H groups in total. The molecule has 0 bridgehead atoms. The first kappa shape index (κ1) is 17.9. The van der Waals surface area contributed by atoms with Crippen LogP contribution < -0.4 is 5.32 Å². The van der Waals surface area contributed by atoms with Gasteiger partial charge < -0.3 is 14.5 Å². The maximum absolute atomic E-state index is 12.1. The number of carbonyl (C=O) groups excluding carboxylic acids is 2.